The number of nitrogens with zero attached hydrogens (tertiary/aromatic N) is 1. The summed E-state index contributed by atoms with van der Waals surface area (Å²) in [5, 5.41) is 5.52. The maximum Gasteiger partial charge on any atom is 0.255 e. The molecule has 0 unspecified atom stereocenters. The number of carbonyl (C=O) groups is 1. The Balaban J connectivity index is 2.19. The third kappa shape index (κ3) is 3.56. The first kappa shape index (κ1) is 14.5. The molecule has 2 aromatic carbocycles. The maximum atomic E-state index is 12.1. The van der Waals surface area contributed by atoms with E-state index in [1.54, 1.807) is 18.2 Å². The fraction of sp³-hybridized carbons (Fsp3) is 0.133. The number of ether oxygens (including phenoxy) is 2. The van der Waals surface area contributed by atoms with Gasteiger partial charge in [-0.1, -0.05) is 0 Å². The first-order valence-corrected chi connectivity index (χ1v) is 6.14. The van der Waals surface area contributed by atoms with Gasteiger partial charge < -0.3 is 14.8 Å². The van der Waals surface area contributed by atoms with E-state index in [1.807, 2.05) is 0 Å². The van der Waals surface area contributed by atoms with Gasteiger partial charge in [-0.2, -0.15) is 0 Å². The van der Waals surface area contributed by atoms with Crippen molar-refractivity contribution in [2.75, 3.05) is 19.5 Å². The minimum Gasteiger partial charge on any atom is -0.497 e. The molecule has 0 saturated carbocycles. The molecule has 1 N–H and O–H groups in total. The van der Waals surface area contributed by atoms with Crippen LogP contribution in [-0.2, 0) is 0 Å². The quantitative estimate of drug-likeness (QED) is 0.855. The van der Waals surface area contributed by atoms with Crippen molar-refractivity contribution >= 4 is 17.3 Å². The molecule has 6 nitrogen and oxygen atoms in total. The predicted octanol–water partition coefficient (Wildman–Crippen LogP) is 3.35. The Morgan fingerprint density at radius 3 is 2.05 bits per heavy atom. The number of hydrogen-bond acceptors (Lipinski definition) is 5. The molecule has 0 fully saturated rings. The van der Waals surface area contributed by atoms with E-state index < -0.39 is 0 Å². The van der Waals surface area contributed by atoms with Gasteiger partial charge in [0.05, 0.1) is 14.2 Å². The lowest BCUT2D eigenvalue weighted by atomic mass is 10.2. The third-order valence-corrected chi connectivity index (χ3v) is 2.84. The van der Waals surface area contributed by atoms with Crippen molar-refractivity contribution in [3.63, 3.8) is 0 Å². The zero-order chi connectivity index (χ0) is 15.2. The topological polar surface area (TPSA) is 77.0 Å². The zero-order valence-electron chi connectivity index (χ0n) is 11.6. The monoisotopic (exact) mass is 286 g/mol. The van der Waals surface area contributed by atoms with Crippen LogP contribution in [0.1, 0.15) is 10.4 Å². The van der Waals surface area contributed by atoms with Crippen molar-refractivity contribution in [3.8, 4) is 11.5 Å². The summed E-state index contributed by atoms with van der Waals surface area (Å²) in [7, 11) is 3.07. The van der Waals surface area contributed by atoms with Crippen LogP contribution in [0.15, 0.2) is 47.6 Å². The van der Waals surface area contributed by atoms with Crippen LogP contribution in [0.25, 0.3) is 0 Å². The minimum atomic E-state index is -0.303. The van der Waals surface area contributed by atoms with Gasteiger partial charge in [0.25, 0.3) is 5.91 Å². The van der Waals surface area contributed by atoms with E-state index in [0.29, 0.717) is 22.7 Å². The smallest absolute Gasteiger partial charge is 0.255 e. The van der Waals surface area contributed by atoms with E-state index in [1.165, 1.54) is 38.5 Å². The summed E-state index contributed by atoms with van der Waals surface area (Å²) < 4.78 is 10.3. The number of hydrogen-bond donors (Lipinski definition) is 1. The molecule has 108 valence electrons. The molecule has 0 atom stereocenters. The lowest BCUT2D eigenvalue weighted by molar-refractivity contribution is 0.102. The van der Waals surface area contributed by atoms with Crippen molar-refractivity contribution in [3.05, 3.63) is 52.9 Å². The van der Waals surface area contributed by atoms with Crippen LogP contribution in [0.3, 0.4) is 0 Å². The molecule has 0 aromatic heterocycles. The minimum absolute atomic E-state index is 0.273. The van der Waals surface area contributed by atoms with Gasteiger partial charge in [0, 0.05) is 29.4 Å². The number of anilines is 1. The number of nitrogens with one attached hydrogen (secondary N) is 1. The molecule has 0 aliphatic carbocycles. The summed E-state index contributed by atoms with van der Waals surface area (Å²) in [5.41, 5.74) is 1.24. The van der Waals surface area contributed by atoms with Gasteiger partial charge in [-0.3, -0.25) is 4.79 Å². The molecule has 1 amide bonds. The highest BCUT2D eigenvalue weighted by Crippen LogP contribution is 2.26. The van der Waals surface area contributed by atoms with Gasteiger partial charge in [0.15, 0.2) is 0 Å². The first-order valence-electron chi connectivity index (χ1n) is 6.14. The average Bonchev–Trinajstić information content (AvgIpc) is 2.54. The third-order valence-electron chi connectivity index (χ3n) is 2.84. The molecular formula is C15H14N2O4. The molecule has 2 rings (SSSR count). The van der Waals surface area contributed by atoms with E-state index in [4.69, 9.17) is 9.47 Å². The second-order valence-electron chi connectivity index (χ2n) is 4.19. The van der Waals surface area contributed by atoms with Crippen molar-refractivity contribution < 1.29 is 14.3 Å². The van der Waals surface area contributed by atoms with Crippen molar-refractivity contribution in [2.45, 2.75) is 0 Å². The van der Waals surface area contributed by atoms with Crippen LogP contribution in [0.5, 0.6) is 11.5 Å². The summed E-state index contributed by atoms with van der Waals surface area (Å²) in [5.74, 6) is 0.845. The molecular weight excluding hydrogens is 272 g/mol. The molecule has 0 aliphatic heterocycles. The van der Waals surface area contributed by atoms with E-state index in [9.17, 15) is 9.70 Å². The summed E-state index contributed by atoms with van der Waals surface area (Å²) in [4.78, 5) is 22.5. The Kier molecular flexibility index (Phi) is 4.50. The van der Waals surface area contributed by atoms with E-state index >= 15 is 0 Å². The van der Waals surface area contributed by atoms with Gasteiger partial charge in [0.1, 0.15) is 17.2 Å². The van der Waals surface area contributed by atoms with Gasteiger partial charge in [-0.15, -0.1) is 4.91 Å². The van der Waals surface area contributed by atoms with Crippen LogP contribution in [0.2, 0.25) is 0 Å². The second kappa shape index (κ2) is 6.51. The van der Waals surface area contributed by atoms with Crippen LogP contribution >= 0.6 is 0 Å². The normalized spacial score (nSPS) is 9.81. The highest BCUT2D eigenvalue weighted by atomic mass is 16.5. The van der Waals surface area contributed by atoms with Crippen molar-refractivity contribution in [1.29, 1.82) is 0 Å². The van der Waals surface area contributed by atoms with Gasteiger partial charge in [-0.05, 0) is 29.4 Å². The van der Waals surface area contributed by atoms with Crippen molar-refractivity contribution in [1.82, 2.24) is 0 Å². The molecule has 6 heteroatoms. The molecule has 2 aromatic rings. The molecule has 0 aliphatic rings. The van der Waals surface area contributed by atoms with Crippen LogP contribution in [-0.4, -0.2) is 20.1 Å². The summed E-state index contributed by atoms with van der Waals surface area (Å²) in [6.07, 6.45) is 0. The number of benzene rings is 2. The SMILES string of the molecule is COc1cc(NC(=O)c2ccc(N=O)cc2)cc(OC)c1. The Hall–Kier alpha value is -2.89. The van der Waals surface area contributed by atoms with Crippen LogP contribution < -0.4 is 14.8 Å². The highest BCUT2D eigenvalue weighted by molar-refractivity contribution is 6.04. The van der Waals surface area contributed by atoms with Gasteiger partial charge in [0.2, 0.25) is 0 Å². The fourth-order valence-electron chi connectivity index (χ4n) is 1.76. The Morgan fingerprint density at radius 1 is 1.00 bits per heavy atom. The molecule has 0 radical (unpaired) electrons. The van der Waals surface area contributed by atoms with Crippen LogP contribution in [0.4, 0.5) is 11.4 Å². The van der Waals surface area contributed by atoms with E-state index in [-0.39, 0.29) is 11.6 Å². The Morgan fingerprint density at radius 2 is 1.57 bits per heavy atom. The molecule has 21 heavy (non-hydrogen) atoms. The molecule has 0 heterocycles. The zero-order valence-corrected chi connectivity index (χ0v) is 11.6. The Bertz CT molecular complexity index is 631. The van der Waals surface area contributed by atoms with E-state index in [2.05, 4.69) is 10.5 Å². The average molecular weight is 286 g/mol. The summed E-state index contributed by atoms with van der Waals surface area (Å²) in [6.45, 7) is 0. The lowest BCUT2D eigenvalue weighted by Crippen LogP contribution is -2.11. The summed E-state index contributed by atoms with van der Waals surface area (Å²) >= 11 is 0. The summed E-state index contributed by atoms with van der Waals surface area (Å²) in [6, 6.07) is 11.1. The van der Waals surface area contributed by atoms with Gasteiger partial charge >= 0.3 is 0 Å². The van der Waals surface area contributed by atoms with E-state index in [0.717, 1.165) is 0 Å². The van der Waals surface area contributed by atoms with Crippen LogP contribution in [0, 0.1) is 4.91 Å². The number of rotatable bonds is 5. The standard InChI is InChI=1S/C15H14N2O4/c1-20-13-7-12(8-14(9-13)21-2)16-15(18)10-3-5-11(17-19)6-4-10/h3-9H,1-2H3,(H,16,18). The highest BCUT2D eigenvalue weighted by Gasteiger charge is 2.08. The molecule has 0 bridgehead atoms. The largest absolute Gasteiger partial charge is 0.497 e. The molecule has 0 saturated heterocycles. The first-order chi connectivity index (χ1) is 10.2. The number of nitroso groups, excluding NO2 is 1. The number of methoxy groups -OCH3 is 2. The number of carbonyl (C=O) groups excluding carboxylic acids is 1. The lowest BCUT2D eigenvalue weighted by Gasteiger charge is -2.10. The number of amides is 1. The maximum absolute atomic E-state index is 12.1. The second-order valence-corrected chi connectivity index (χ2v) is 4.19. The van der Waals surface area contributed by atoms with Gasteiger partial charge in [-0.25, -0.2) is 0 Å². The fourth-order valence-corrected chi connectivity index (χ4v) is 1.76. The van der Waals surface area contributed by atoms with Crippen molar-refractivity contribution in [2.24, 2.45) is 5.18 Å². The Labute approximate surface area is 121 Å². The molecule has 0 spiro atoms. The predicted molar refractivity (Wildman–Crippen MR) is 79.4 cm³/mol.